The fraction of sp³-hybridized carbons (Fsp3) is 0.769. The molecule has 0 saturated carbocycles. The highest BCUT2D eigenvalue weighted by atomic mass is 32.2. The van der Waals surface area contributed by atoms with Crippen molar-refractivity contribution in [1.82, 2.24) is 9.62 Å². The highest BCUT2D eigenvalue weighted by molar-refractivity contribution is 7.89. The van der Waals surface area contributed by atoms with Gasteiger partial charge < -0.3 is 4.74 Å². The van der Waals surface area contributed by atoms with E-state index in [0.717, 1.165) is 0 Å². The molecule has 1 fully saturated rings. The van der Waals surface area contributed by atoms with Crippen molar-refractivity contribution in [1.29, 1.82) is 0 Å². The molecule has 6 nitrogen and oxygen atoms in total. The zero-order valence-electron chi connectivity index (χ0n) is 12.3. The summed E-state index contributed by atoms with van der Waals surface area (Å²) in [7, 11) is -3.32. The normalized spacial score (nSPS) is 23.4. The van der Waals surface area contributed by atoms with Gasteiger partial charge in [-0.05, 0) is 34.1 Å². The molecule has 20 heavy (non-hydrogen) atoms. The number of carbonyl (C=O) groups excluding carboxylic acids is 1. The summed E-state index contributed by atoms with van der Waals surface area (Å²) < 4.78 is 30.9. The lowest BCUT2D eigenvalue weighted by molar-refractivity contribution is 0.0258. The van der Waals surface area contributed by atoms with Gasteiger partial charge in [-0.2, -0.15) is 0 Å². The number of hydrogen-bond donors (Lipinski definition) is 1. The van der Waals surface area contributed by atoms with E-state index < -0.39 is 27.8 Å². The van der Waals surface area contributed by atoms with Gasteiger partial charge in [-0.3, -0.25) is 4.90 Å². The van der Waals surface area contributed by atoms with E-state index in [2.05, 4.69) is 10.6 Å². The van der Waals surface area contributed by atoms with Gasteiger partial charge >= 0.3 is 6.09 Å². The second kappa shape index (κ2) is 6.02. The molecule has 114 valence electrons. The summed E-state index contributed by atoms with van der Waals surface area (Å²) in [6.07, 6.45) is 5.29. The lowest BCUT2D eigenvalue weighted by atomic mass is 10.2. The van der Waals surface area contributed by atoms with Gasteiger partial charge in [0.25, 0.3) is 0 Å². The summed E-state index contributed by atoms with van der Waals surface area (Å²) >= 11 is 0. The Kier molecular flexibility index (Phi) is 5.05. The van der Waals surface area contributed by atoms with Crippen LogP contribution in [0.3, 0.4) is 0 Å². The van der Waals surface area contributed by atoms with E-state index in [0.29, 0.717) is 6.42 Å². The molecule has 0 aromatic rings. The third-order valence-electron chi connectivity index (χ3n) is 2.85. The standard InChI is InChI=1S/C13H22N2O4S/c1-6-11-8-10(14-20(17,18)7-2)9-15(11)12(16)19-13(3,4)5/h1,10-11,14H,7-9H2,2-5H3/t10-,11-/m1/s1. The Morgan fingerprint density at radius 2 is 2.10 bits per heavy atom. The van der Waals surface area contributed by atoms with Crippen LogP contribution in [0, 0.1) is 12.3 Å². The second-order valence-electron chi connectivity index (χ2n) is 5.77. The Bertz CT molecular complexity index is 501. The van der Waals surface area contributed by atoms with E-state index in [-0.39, 0.29) is 18.3 Å². The van der Waals surface area contributed by atoms with Gasteiger partial charge in [0, 0.05) is 12.6 Å². The molecule has 0 radical (unpaired) electrons. The van der Waals surface area contributed by atoms with E-state index in [1.165, 1.54) is 4.90 Å². The van der Waals surface area contributed by atoms with Gasteiger partial charge in [-0.15, -0.1) is 6.42 Å². The SMILES string of the molecule is C#C[C@@H]1C[C@@H](NS(=O)(=O)CC)CN1C(=O)OC(C)(C)C. The molecule has 1 rings (SSSR count). The zero-order valence-corrected chi connectivity index (χ0v) is 13.2. The smallest absolute Gasteiger partial charge is 0.411 e. The average Bonchev–Trinajstić information content (AvgIpc) is 2.69. The molecule has 0 unspecified atom stereocenters. The van der Waals surface area contributed by atoms with Crippen LogP contribution in [0.1, 0.15) is 34.1 Å². The number of terminal acetylenes is 1. The number of rotatable bonds is 3. The molecule has 1 amide bonds. The number of amides is 1. The Balaban J connectivity index is 2.75. The summed E-state index contributed by atoms with van der Waals surface area (Å²) in [5.41, 5.74) is -0.614. The fourth-order valence-corrected chi connectivity index (χ4v) is 2.78. The number of sulfonamides is 1. The summed E-state index contributed by atoms with van der Waals surface area (Å²) in [6.45, 7) is 7.08. The molecule has 1 aliphatic rings. The zero-order chi connectivity index (χ0) is 15.6. The Labute approximate surface area is 120 Å². The quantitative estimate of drug-likeness (QED) is 0.787. The molecule has 0 aromatic carbocycles. The van der Waals surface area contributed by atoms with E-state index in [1.807, 2.05) is 0 Å². The van der Waals surface area contributed by atoms with Crippen molar-refractivity contribution in [2.75, 3.05) is 12.3 Å². The molecule has 2 atom stereocenters. The molecule has 1 aliphatic heterocycles. The van der Waals surface area contributed by atoms with Gasteiger partial charge in [0.1, 0.15) is 5.60 Å². The van der Waals surface area contributed by atoms with Gasteiger partial charge in [-0.1, -0.05) is 5.92 Å². The summed E-state index contributed by atoms with van der Waals surface area (Å²) in [5.74, 6) is 2.50. The van der Waals surface area contributed by atoms with Gasteiger partial charge in [0.15, 0.2) is 0 Å². The predicted octanol–water partition coefficient (Wildman–Crippen LogP) is 0.937. The number of ether oxygens (including phenoxy) is 1. The van der Waals surface area contributed by atoms with Crippen LogP contribution in [-0.2, 0) is 14.8 Å². The molecular weight excluding hydrogens is 280 g/mol. The fourth-order valence-electron chi connectivity index (χ4n) is 1.94. The highest BCUT2D eigenvalue weighted by Crippen LogP contribution is 2.21. The molecule has 1 N–H and O–H groups in total. The lowest BCUT2D eigenvalue weighted by Crippen LogP contribution is -2.42. The first-order valence-corrected chi connectivity index (χ1v) is 8.19. The van der Waals surface area contributed by atoms with Crippen LogP contribution in [0.2, 0.25) is 0 Å². The van der Waals surface area contributed by atoms with E-state index in [1.54, 1.807) is 27.7 Å². The van der Waals surface area contributed by atoms with E-state index in [9.17, 15) is 13.2 Å². The Morgan fingerprint density at radius 3 is 2.55 bits per heavy atom. The second-order valence-corrected chi connectivity index (χ2v) is 7.81. The maximum atomic E-state index is 12.0. The van der Waals surface area contributed by atoms with Crippen LogP contribution in [0.4, 0.5) is 4.79 Å². The first-order valence-electron chi connectivity index (χ1n) is 6.53. The minimum atomic E-state index is -3.32. The number of likely N-dealkylation sites (tertiary alicyclic amines) is 1. The van der Waals surface area contributed by atoms with Crippen molar-refractivity contribution in [2.45, 2.75) is 51.8 Å². The maximum Gasteiger partial charge on any atom is 0.411 e. The van der Waals surface area contributed by atoms with Crippen LogP contribution in [0.25, 0.3) is 0 Å². The third kappa shape index (κ3) is 4.69. The van der Waals surface area contributed by atoms with Crippen LogP contribution in [0.15, 0.2) is 0 Å². The minimum absolute atomic E-state index is 0.00332. The molecular formula is C13H22N2O4S. The topological polar surface area (TPSA) is 75.7 Å². The molecule has 0 aliphatic carbocycles. The van der Waals surface area contributed by atoms with E-state index >= 15 is 0 Å². The van der Waals surface area contributed by atoms with Gasteiger partial charge in [-0.25, -0.2) is 17.9 Å². The molecule has 1 saturated heterocycles. The van der Waals surface area contributed by atoms with Crippen molar-refractivity contribution in [2.24, 2.45) is 0 Å². The maximum absolute atomic E-state index is 12.0. The lowest BCUT2D eigenvalue weighted by Gasteiger charge is -2.26. The number of nitrogens with one attached hydrogen (secondary N) is 1. The summed E-state index contributed by atoms with van der Waals surface area (Å²) in [6, 6.07) is -0.817. The number of hydrogen-bond acceptors (Lipinski definition) is 4. The first-order chi connectivity index (χ1) is 9.08. The van der Waals surface area contributed by atoms with E-state index in [4.69, 9.17) is 11.2 Å². The third-order valence-corrected chi connectivity index (χ3v) is 4.30. The van der Waals surface area contributed by atoms with Crippen molar-refractivity contribution in [3.63, 3.8) is 0 Å². The monoisotopic (exact) mass is 302 g/mol. The summed E-state index contributed by atoms with van der Waals surface area (Å²) in [4.78, 5) is 13.4. The molecule has 0 bridgehead atoms. The number of nitrogens with zero attached hydrogens (tertiary/aromatic N) is 1. The largest absolute Gasteiger partial charge is 0.444 e. The highest BCUT2D eigenvalue weighted by Gasteiger charge is 2.37. The van der Waals surface area contributed by atoms with Crippen molar-refractivity contribution < 1.29 is 17.9 Å². The molecule has 0 spiro atoms. The average molecular weight is 302 g/mol. The van der Waals surface area contributed by atoms with Gasteiger partial charge in [0.2, 0.25) is 10.0 Å². The van der Waals surface area contributed by atoms with Crippen molar-refractivity contribution >= 4 is 16.1 Å². The van der Waals surface area contributed by atoms with Crippen LogP contribution >= 0.6 is 0 Å². The predicted molar refractivity (Wildman–Crippen MR) is 76.6 cm³/mol. The van der Waals surface area contributed by atoms with Crippen LogP contribution in [0.5, 0.6) is 0 Å². The Morgan fingerprint density at radius 1 is 1.50 bits per heavy atom. The van der Waals surface area contributed by atoms with Crippen LogP contribution < -0.4 is 4.72 Å². The van der Waals surface area contributed by atoms with Crippen molar-refractivity contribution in [3.05, 3.63) is 0 Å². The minimum Gasteiger partial charge on any atom is -0.444 e. The Hall–Kier alpha value is -1.26. The van der Waals surface area contributed by atoms with Gasteiger partial charge in [0.05, 0.1) is 11.8 Å². The molecule has 1 heterocycles. The van der Waals surface area contributed by atoms with Crippen LogP contribution in [-0.4, -0.2) is 49.4 Å². The molecule has 0 aromatic heterocycles. The summed E-state index contributed by atoms with van der Waals surface area (Å²) in [5, 5.41) is 0. The number of carbonyl (C=O) groups is 1. The first kappa shape index (κ1) is 16.8. The molecule has 7 heteroatoms. The van der Waals surface area contributed by atoms with Crippen molar-refractivity contribution in [3.8, 4) is 12.3 Å².